The van der Waals surface area contributed by atoms with E-state index in [9.17, 15) is 16.8 Å². The van der Waals surface area contributed by atoms with Gasteiger partial charge in [0.2, 0.25) is 0 Å². The highest BCUT2D eigenvalue weighted by Gasteiger charge is 2.26. The van der Waals surface area contributed by atoms with E-state index < -0.39 is 25.6 Å². The molecule has 28 heavy (non-hydrogen) atoms. The van der Waals surface area contributed by atoms with Gasteiger partial charge < -0.3 is 0 Å². The molecule has 4 aromatic rings. The fraction of sp³-hybridized carbons (Fsp3) is 0.0476. The maximum absolute atomic E-state index is 13.3. The van der Waals surface area contributed by atoms with Crippen LogP contribution in [0.15, 0.2) is 101 Å². The molecule has 0 amide bonds. The zero-order chi connectivity index (χ0) is 19.8. The summed E-state index contributed by atoms with van der Waals surface area (Å²) in [4.78, 5) is 0.263. The van der Waals surface area contributed by atoms with Crippen molar-refractivity contribution >= 4 is 30.8 Å². The van der Waals surface area contributed by atoms with Crippen LogP contribution in [0.3, 0.4) is 0 Å². The Morgan fingerprint density at radius 1 is 0.643 bits per heavy atom. The average Bonchev–Trinajstić information content (AvgIpc) is 3.07. The van der Waals surface area contributed by atoms with Crippen LogP contribution < -0.4 is 0 Å². The number of hydrogen-bond acceptors (Lipinski definition) is 4. The molecule has 1 heterocycles. The van der Waals surface area contributed by atoms with E-state index >= 15 is 0 Å². The number of benzene rings is 3. The van der Waals surface area contributed by atoms with E-state index in [0.717, 1.165) is 3.97 Å². The third kappa shape index (κ3) is 3.23. The van der Waals surface area contributed by atoms with Crippen LogP contribution in [-0.4, -0.2) is 20.8 Å². The molecule has 0 unspecified atom stereocenters. The summed E-state index contributed by atoms with van der Waals surface area (Å²) in [7, 11) is -7.67. The maximum Gasteiger partial charge on any atom is 0.268 e. The van der Waals surface area contributed by atoms with Crippen LogP contribution in [-0.2, 0) is 25.6 Å². The van der Waals surface area contributed by atoms with Gasteiger partial charge in [-0.3, -0.25) is 0 Å². The predicted molar refractivity (Wildman–Crippen MR) is 108 cm³/mol. The van der Waals surface area contributed by atoms with Gasteiger partial charge in [-0.15, -0.1) is 0 Å². The minimum atomic E-state index is -3.96. The molecular weight excluding hydrogens is 394 g/mol. The summed E-state index contributed by atoms with van der Waals surface area (Å²) in [5.41, 5.74) is 0.651. The first-order chi connectivity index (χ1) is 13.4. The van der Waals surface area contributed by atoms with E-state index in [1.807, 2.05) is 0 Å². The molecule has 0 radical (unpaired) electrons. The second-order valence-corrected chi connectivity index (χ2v) is 10.1. The third-order valence-corrected chi connectivity index (χ3v) is 7.91. The van der Waals surface area contributed by atoms with Gasteiger partial charge in [0.25, 0.3) is 10.0 Å². The Kier molecular flexibility index (Phi) is 4.56. The van der Waals surface area contributed by atoms with Gasteiger partial charge in [0.1, 0.15) is 0 Å². The summed E-state index contributed by atoms with van der Waals surface area (Å²) in [5, 5.41) is 0.667. The number of nitrogens with zero attached hydrogens (tertiary/aromatic N) is 1. The normalized spacial score (nSPS) is 12.3. The fourth-order valence-electron chi connectivity index (χ4n) is 3.18. The van der Waals surface area contributed by atoms with Crippen molar-refractivity contribution in [1.29, 1.82) is 0 Å². The Morgan fingerprint density at radius 3 is 1.82 bits per heavy atom. The van der Waals surface area contributed by atoms with Crippen LogP contribution in [0.1, 0.15) is 5.69 Å². The number of sulfone groups is 1. The fourth-order valence-corrected chi connectivity index (χ4v) is 6.16. The molecule has 0 spiro atoms. The molecule has 0 bridgehead atoms. The van der Waals surface area contributed by atoms with E-state index in [0.29, 0.717) is 10.9 Å². The summed E-state index contributed by atoms with van der Waals surface area (Å²) >= 11 is 0. The summed E-state index contributed by atoms with van der Waals surface area (Å²) in [6, 6.07) is 24.6. The van der Waals surface area contributed by atoms with Crippen molar-refractivity contribution in [2.75, 3.05) is 0 Å². The quantitative estimate of drug-likeness (QED) is 0.500. The van der Waals surface area contributed by atoms with Crippen molar-refractivity contribution in [3.05, 3.63) is 96.7 Å². The lowest BCUT2D eigenvalue weighted by atomic mass is 10.2. The SMILES string of the molecule is O=S(=O)(Cc1cc2ccccc2n1S(=O)(=O)c1ccccc1)c1ccccc1. The summed E-state index contributed by atoms with van der Waals surface area (Å²) in [5.74, 6) is -0.419. The first-order valence-corrected chi connectivity index (χ1v) is 11.7. The molecule has 4 rings (SSSR count). The second-order valence-electron chi connectivity index (χ2n) is 6.35. The van der Waals surface area contributed by atoms with Crippen molar-refractivity contribution in [2.24, 2.45) is 0 Å². The first kappa shape index (κ1) is 18.5. The Hall–Kier alpha value is -2.90. The Morgan fingerprint density at radius 2 is 1.18 bits per heavy atom. The van der Waals surface area contributed by atoms with E-state index in [2.05, 4.69) is 0 Å². The van der Waals surface area contributed by atoms with Gasteiger partial charge in [0.05, 0.1) is 26.8 Å². The van der Waals surface area contributed by atoms with Crippen molar-refractivity contribution in [2.45, 2.75) is 15.5 Å². The number of para-hydroxylation sites is 1. The lowest BCUT2D eigenvalue weighted by Gasteiger charge is -2.12. The van der Waals surface area contributed by atoms with Crippen LogP contribution in [0.5, 0.6) is 0 Å². The van der Waals surface area contributed by atoms with E-state index in [1.165, 1.54) is 24.3 Å². The first-order valence-electron chi connectivity index (χ1n) is 8.57. The molecule has 5 nitrogen and oxygen atoms in total. The van der Waals surface area contributed by atoms with Gasteiger partial charge in [-0.05, 0) is 36.4 Å². The molecule has 0 aliphatic heterocycles. The summed E-state index contributed by atoms with van der Waals surface area (Å²) in [6.07, 6.45) is 0. The zero-order valence-electron chi connectivity index (χ0n) is 14.8. The largest absolute Gasteiger partial charge is 0.268 e. The molecule has 0 fully saturated rings. The number of aromatic nitrogens is 1. The number of rotatable bonds is 5. The lowest BCUT2D eigenvalue weighted by molar-refractivity contribution is 0.586. The minimum absolute atomic E-state index is 0.106. The van der Waals surface area contributed by atoms with Crippen LogP contribution >= 0.6 is 0 Å². The molecule has 0 aliphatic carbocycles. The molecule has 1 aromatic heterocycles. The van der Waals surface area contributed by atoms with Gasteiger partial charge in [0, 0.05) is 5.39 Å². The molecular formula is C21H17NO4S2. The highest BCUT2D eigenvalue weighted by Crippen LogP contribution is 2.28. The molecule has 3 aromatic carbocycles. The lowest BCUT2D eigenvalue weighted by Crippen LogP contribution is -2.18. The van der Waals surface area contributed by atoms with Crippen molar-refractivity contribution in [3.8, 4) is 0 Å². The predicted octanol–water partition coefficient (Wildman–Crippen LogP) is 3.85. The third-order valence-electron chi connectivity index (χ3n) is 4.46. The van der Waals surface area contributed by atoms with Crippen LogP contribution in [0.4, 0.5) is 0 Å². The Labute approximate surface area is 163 Å². The summed E-state index contributed by atoms with van der Waals surface area (Å²) in [6.45, 7) is 0. The summed E-state index contributed by atoms with van der Waals surface area (Å²) < 4.78 is 53.5. The van der Waals surface area contributed by atoms with E-state index in [1.54, 1.807) is 66.7 Å². The molecule has 0 saturated carbocycles. The topological polar surface area (TPSA) is 73.2 Å². The standard InChI is InChI=1S/C21H17NO4S2/c23-27(24,19-10-3-1-4-11-19)16-18-15-17-9-7-8-14-21(17)22(18)28(25,26)20-12-5-2-6-13-20/h1-15H,16H2. The Bertz CT molecular complexity index is 1340. The number of fused-ring (bicyclic) bond motifs is 1. The van der Waals surface area contributed by atoms with Crippen LogP contribution in [0.25, 0.3) is 10.9 Å². The maximum atomic E-state index is 13.3. The van der Waals surface area contributed by atoms with Crippen LogP contribution in [0, 0.1) is 0 Å². The smallest absolute Gasteiger partial charge is 0.237 e. The average molecular weight is 412 g/mol. The molecule has 0 atom stereocenters. The van der Waals surface area contributed by atoms with Crippen LogP contribution in [0.2, 0.25) is 0 Å². The van der Waals surface area contributed by atoms with Crippen molar-refractivity contribution in [1.82, 2.24) is 3.97 Å². The zero-order valence-corrected chi connectivity index (χ0v) is 16.4. The van der Waals surface area contributed by atoms with Gasteiger partial charge in [0.15, 0.2) is 9.84 Å². The second kappa shape index (κ2) is 6.92. The minimum Gasteiger partial charge on any atom is -0.237 e. The van der Waals surface area contributed by atoms with Gasteiger partial charge in [-0.2, -0.15) is 0 Å². The van der Waals surface area contributed by atoms with E-state index in [4.69, 9.17) is 0 Å². The monoisotopic (exact) mass is 411 g/mol. The molecule has 7 heteroatoms. The molecule has 0 aliphatic rings. The van der Waals surface area contributed by atoms with E-state index in [-0.39, 0.29) is 15.5 Å². The van der Waals surface area contributed by atoms with Crippen molar-refractivity contribution < 1.29 is 16.8 Å². The van der Waals surface area contributed by atoms with Gasteiger partial charge >= 0.3 is 0 Å². The molecule has 142 valence electrons. The molecule has 0 N–H and O–H groups in total. The van der Waals surface area contributed by atoms with Gasteiger partial charge in [-0.1, -0.05) is 54.6 Å². The van der Waals surface area contributed by atoms with Gasteiger partial charge in [-0.25, -0.2) is 20.8 Å². The number of hydrogen-bond donors (Lipinski definition) is 0. The Balaban J connectivity index is 1.92. The highest BCUT2D eigenvalue weighted by atomic mass is 32.2. The molecule has 0 saturated heterocycles. The van der Waals surface area contributed by atoms with Crippen molar-refractivity contribution in [3.63, 3.8) is 0 Å². The highest BCUT2D eigenvalue weighted by molar-refractivity contribution is 7.91.